The van der Waals surface area contributed by atoms with Crippen LogP contribution in [0.2, 0.25) is 0 Å². The van der Waals surface area contributed by atoms with E-state index in [4.69, 9.17) is 9.47 Å². The van der Waals surface area contributed by atoms with Crippen molar-refractivity contribution < 1.29 is 32.6 Å². The highest BCUT2D eigenvalue weighted by Crippen LogP contribution is 2.26. The van der Waals surface area contributed by atoms with Crippen LogP contribution in [-0.2, 0) is 9.53 Å². The van der Waals surface area contributed by atoms with Crippen molar-refractivity contribution in [1.29, 1.82) is 0 Å². The number of benzene rings is 2. The van der Waals surface area contributed by atoms with Gasteiger partial charge in [-0.3, -0.25) is 4.79 Å². The molecule has 0 saturated carbocycles. The predicted molar refractivity (Wildman–Crippen MR) is 92.9 cm³/mol. The van der Waals surface area contributed by atoms with Crippen molar-refractivity contribution in [3.8, 4) is 11.5 Å². The molecule has 2 aromatic carbocycles. The Balaban J connectivity index is 1.64. The maximum absolute atomic E-state index is 12.4. The molecule has 0 aromatic heterocycles. The molecule has 7 heteroatoms. The van der Waals surface area contributed by atoms with Gasteiger partial charge in [0.05, 0.1) is 5.57 Å². The molecule has 0 amide bonds. The largest absolute Gasteiger partial charge is 0.488 e. The number of hydrogen-bond acceptors (Lipinski definition) is 5. The lowest BCUT2D eigenvalue weighted by atomic mass is 10.1. The molecule has 1 aliphatic rings. The number of ether oxygens (including phenoxy) is 3. The second kappa shape index (κ2) is 7.99. The molecule has 140 valence electrons. The summed E-state index contributed by atoms with van der Waals surface area (Å²) < 4.78 is 39.3. The fraction of sp³-hybridized carbons (Fsp3) is 0.200. The molecule has 27 heavy (non-hydrogen) atoms. The average molecular weight is 374 g/mol. The van der Waals surface area contributed by atoms with E-state index in [0.29, 0.717) is 11.3 Å². The van der Waals surface area contributed by atoms with E-state index < -0.39 is 24.5 Å². The fourth-order valence-electron chi connectivity index (χ4n) is 2.56. The zero-order valence-electron chi connectivity index (χ0n) is 14.4. The first-order valence-electron chi connectivity index (χ1n) is 8.16. The molecular weight excluding hydrogens is 358 g/mol. The molecule has 0 bridgehead atoms. The second-order valence-corrected chi connectivity index (χ2v) is 5.81. The number of carbonyl (C=O) groups excluding carboxylic acids is 2. The maximum Gasteiger partial charge on any atom is 0.387 e. The van der Waals surface area contributed by atoms with Gasteiger partial charge in [-0.1, -0.05) is 18.2 Å². The molecule has 5 nitrogen and oxygen atoms in total. The van der Waals surface area contributed by atoms with Crippen molar-refractivity contribution in [2.45, 2.75) is 19.6 Å². The Morgan fingerprint density at radius 3 is 2.48 bits per heavy atom. The summed E-state index contributed by atoms with van der Waals surface area (Å²) in [6.45, 7) is -1.44. The van der Waals surface area contributed by atoms with Crippen molar-refractivity contribution in [1.82, 2.24) is 0 Å². The van der Waals surface area contributed by atoms with E-state index in [-0.39, 0.29) is 17.9 Å². The zero-order valence-corrected chi connectivity index (χ0v) is 14.4. The minimum Gasteiger partial charge on any atom is -0.488 e. The van der Waals surface area contributed by atoms with Crippen molar-refractivity contribution in [3.63, 3.8) is 0 Å². The second-order valence-electron chi connectivity index (χ2n) is 5.81. The molecular formula is C20H16F2O5. The number of ketones is 1. The lowest BCUT2D eigenvalue weighted by Crippen LogP contribution is -2.27. The Bertz CT molecular complexity index is 874. The third kappa shape index (κ3) is 4.49. The molecule has 0 aliphatic carbocycles. The van der Waals surface area contributed by atoms with Crippen LogP contribution < -0.4 is 9.47 Å². The smallest absolute Gasteiger partial charge is 0.387 e. The monoisotopic (exact) mass is 374 g/mol. The molecule has 1 atom stereocenters. The van der Waals surface area contributed by atoms with Crippen LogP contribution >= 0.6 is 0 Å². The first-order valence-corrected chi connectivity index (χ1v) is 8.16. The lowest BCUT2D eigenvalue weighted by Gasteiger charge is -2.18. The molecule has 0 fully saturated rings. The number of Topliss-reactive ketones (excluding diaryl/α,β-unsaturated/α-hetero) is 1. The molecule has 0 saturated heterocycles. The highest BCUT2D eigenvalue weighted by molar-refractivity contribution is 6.02. The van der Waals surface area contributed by atoms with Crippen molar-refractivity contribution >= 4 is 17.8 Å². The maximum atomic E-state index is 12.4. The van der Waals surface area contributed by atoms with E-state index >= 15 is 0 Å². The van der Waals surface area contributed by atoms with Gasteiger partial charge in [-0.2, -0.15) is 8.78 Å². The van der Waals surface area contributed by atoms with Gasteiger partial charge in [0.2, 0.25) is 5.78 Å². The van der Waals surface area contributed by atoms with E-state index in [1.807, 2.05) is 12.1 Å². The van der Waals surface area contributed by atoms with Crippen LogP contribution in [0.1, 0.15) is 22.8 Å². The van der Waals surface area contributed by atoms with Gasteiger partial charge >= 0.3 is 12.6 Å². The van der Waals surface area contributed by atoms with E-state index in [9.17, 15) is 18.4 Å². The molecule has 0 N–H and O–H groups in total. The van der Waals surface area contributed by atoms with Crippen LogP contribution in [0.25, 0.3) is 6.08 Å². The van der Waals surface area contributed by atoms with Gasteiger partial charge in [0, 0.05) is 11.1 Å². The van der Waals surface area contributed by atoms with Gasteiger partial charge in [0.1, 0.15) is 18.1 Å². The number of esters is 1. The van der Waals surface area contributed by atoms with Crippen LogP contribution in [0.4, 0.5) is 8.78 Å². The van der Waals surface area contributed by atoms with Gasteiger partial charge in [-0.05, 0) is 43.3 Å². The zero-order chi connectivity index (χ0) is 19.4. The fourth-order valence-corrected chi connectivity index (χ4v) is 2.56. The number of carbonyl (C=O) groups is 2. The Hall–Kier alpha value is -3.22. The highest BCUT2D eigenvalue weighted by Gasteiger charge is 2.24. The standard InChI is InChI=1S/C20H16F2O5/c1-12(18(23)13-6-8-16(9-7-13)27-20(21)22)26-19(24)15-10-14-4-2-3-5-17(14)25-11-15/h2-10,12,20H,11H2,1H3/t12-/m1/s1. The summed E-state index contributed by atoms with van der Waals surface area (Å²) in [6.07, 6.45) is 0.618. The Kier molecular flexibility index (Phi) is 5.49. The predicted octanol–water partition coefficient (Wildman–Crippen LogP) is 3.88. The van der Waals surface area contributed by atoms with Gasteiger partial charge in [-0.25, -0.2) is 4.79 Å². The summed E-state index contributed by atoms with van der Waals surface area (Å²) in [4.78, 5) is 24.7. The van der Waals surface area contributed by atoms with E-state index in [1.54, 1.807) is 18.2 Å². The first-order chi connectivity index (χ1) is 12.9. The number of hydrogen-bond donors (Lipinski definition) is 0. The highest BCUT2D eigenvalue weighted by atomic mass is 19.3. The third-order valence-electron chi connectivity index (χ3n) is 3.91. The minimum atomic E-state index is -2.94. The van der Waals surface area contributed by atoms with Crippen LogP contribution in [0.5, 0.6) is 11.5 Å². The minimum absolute atomic E-state index is 0.0520. The van der Waals surface area contributed by atoms with Crippen LogP contribution in [0.15, 0.2) is 54.1 Å². The summed E-state index contributed by atoms with van der Waals surface area (Å²) in [6, 6.07) is 12.4. The normalized spacial score (nSPS) is 13.9. The Labute approximate surface area is 154 Å². The van der Waals surface area contributed by atoms with E-state index in [1.165, 1.54) is 31.2 Å². The number of alkyl halides is 2. The SMILES string of the molecule is C[C@@H](OC(=O)C1=Cc2ccccc2OC1)C(=O)c1ccc(OC(F)F)cc1. The molecule has 2 aromatic rings. The van der Waals surface area contributed by atoms with Crippen molar-refractivity contribution in [2.75, 3.05) is 6.61 Å². The number of halogens is 2. The Morgan fingerprint density at radius 1 is 1.07 bits per heavy atom. The topological polar surface area (TPSA) is 61.8 Å². The van der Waals surface area contributed by atoms with Crippen molar-refractivity contribution in [2.24, 2.45) is 0 Å². The molecule has 1 heterocycles. The average Bonchev–Trinajstić information content (AvgIpc) is 2.67. The summed E-state index contributed by atoms with van der Waals surface area (Å²) in [5.41, 5.74) is 1.27. The quantitative estimate of drug-likeness (QED) is 0.567. The molecule has 0 unspecified atom stereocenters. The number of fused-ring (bicyclic) bond motifs is 1. The van der Waals surface area contributed by atoms with Crippen molar-refractivity contribution in [3.05, 3.63) is 65.2 Å². The van der Waals surface area contributed by atoms with Gasteiger partial charge < -0.3 is 14.2 Å². The summed E-state index contributed by atoms with van der Waals surface area (Å²) in [5, 5.41) is 0. The number of rotatable bonds is 6. The lowest BCUT2D eigenvalue weighted by molar-refractivity contribution is -0.141. The number of para-hydroxylation sites is 1. The van der Waals surface area contributed by atoms with Crippen LogP contribution in [0, 0.1) is 0 Å². The summed E-state index contributed by atoms with van der Waals surface area (Å²) >= 11 is 0. The Morgan fingerprint density at radius 2 is 1.78 bits per heavy atom. The van der Waals surface area contributed by atoms with E-state index in [0.717, 1.165) is 5.56 Å². The van der Waals surface area contributed by atoms with Gasteiger partial charge in [0.15, 0.2) is 6.10 Å². The molecule has 3 rings (SSSR count). The van der Waals surface area contributed by atoms with Gasteiger partial charge in [-0.15, -0.1) is 0 Å². The first kappa shape index (κ1) is 18.6. The van der Waals surface area contributed by atoms with Crippen LogP contribution in [0.3, 0.4) is 0 Å². The summed E-state index contributed by atoms with van der Waals surface area (Å²) in [5.74, 6) is -0.494. The third-order valence-corrected chi connectivity index (χ3v) is 3.91. The summed E-state index contributed by atoms with van der Waals surface area (Å²) in [7, 11) is 0. The van der Waals surface area contributed by atoms with Crippen LogP contribution in [-0.4, -0.2) is 31.1 Å². The molecule has 0 radical (unpaired) electrons. The molecule has 1 aliphatic heterocycles. The van der Waals surface area contributed by atoms with Gasteiger partial charge in [0.25, 0.3) is 0 Å². The van der Waals surface area contributed by atoms with E-state index in [2.05, 4.69) is 4.74 Å². The molecule has 0 spiro atoms.